The van der Waals surface area contributed by atoms with Crippen LogP contribution < -0.4 is 43.9 Å². The summed E-state index contributed by atoms with van der Waals surface area (Å²) < 4.78 is 74.9. The Morgan fingerprint density at radius 2 is 0.469 bits per heavy atom. The van der Waals surface area contributed by atoms with E-state index in [2.05, 4.69) is 72.8 Å². The second kappa shape index (κ2) is 17.1. The van der Waals surface area contributed by atoms with Gasteiger partial charge in [-0.15, -0.1) is 0 Å². The fraction of sp³-hybridized carbons (Fsp3) is 0. The zero-order valence-corrected chi connectivity index (χ0v) is 40.5. The van der Waals surface area contributed by atoms with Gasteiger partial charge in [0, 0.05) is 0 Å². The Balaban J connectivity index is 1.64. The molecule has 0 atom stereocenters. The van der Waals surface area contributed by atoms with E-state index in [1.165, 1.54) is 36.4 Å². The van der Waals surface area contributed by atoms with E-state index in [1.807, 2.05) is 109 Å². The Hall–Kier alpha value is -6.11. The number of benzene rings is 9. The molecule has 9 aromatic carbocycles. The molecule has 0 saturated carbocycles. The zero-order valence-electron chi connectivity index (χ0n) is 35.1. The van der Waals surface area contributed by atoms with Gasteiger partial charge >= 0.3 is 379 Å². The molecular weight excluding hydrogens is 889 g/mol. The molecule has 0 unspecified atom stereocenters. The van der Waals surface area contributed by atoms with Gasteiger partial charge in [-0.1, -0.05) is 0 Å². The maximum absolute atomic E-state index is 15.8. The molecule has 9 aromatic rings. The quantitative estimate of drug-likeness (QED) is 0.0989. The summed E-state index contributed by atoms with van der Waals surface area (Å²) in [5.74, 6) is -1.48. The average Bonchev–Trinajstić information content (AvgIpc) is 3.37. The molecular formula is C54H45F3O3Si3V. The molecule has 0 fully saturated rings. The van der Waals surface area contributed by atoms with E-state index in [0.29, 0.717) is 12.8 Å². The predicted octanol–water partition coefficient (Wildman–Crippen LogP) is 6.01. The summed E-state index contributed by atoms with van der Waals surface area (Å²) in [6.45, 7) is 0. The summed E-state index contributed by atoms with van der Waals surface area (Å²) >= 11 is -7.62. The number of hydrogen-bond acceptors (Lipinski definition) is 3. The summed E-state index contributed by atoms with van der Waals surface area (Å²) in [5.41, 5.74) is 0. The van der Waals surface area contributed by atoms with Crippen LogP contribution >= 0.6 is 0 Å². The van der Waals surface area contributed by atoms with Crippen molar-refractivity contribution in [2.24, 2.45) is 0 Å². The van der Waals surface area contributed by atoms with Crippen molar-refractivity contribution in [3.8, 4) is 0 Å². The Morgan fingerprint density at radius 1 is 0.281 bits per heavy atom. The van der Waals surface area contributed by atoms with Gasteiger partial charge in [0.1, 0.15) is 0 Å². The monoisotopic (exact) mass is 933 g/mol. The minimum atomic E-state index is -7.62. The summed E-state index contributed by atoms with van der Waals surface area (Å²) in [6.07, 6.45) is 0. The van der Waals surface area contributed by atoms with Crippen LogP contribution in [-0.2, 0) is 22.9 Å². The van der Waals surface area contributed by atoms with E-state index in [0.717, 1.165) is 31.1 Å². The maximum atomic E-state index is 15.8. The fourth-order valence-corrected chi connectivity index (χ4v) is 42.0. The molecule has 3 nitrogen and oxygen atoms in total. The molecule has 9 rings (SSSR count). The molecule has 0 N–H and O–H groups in total. The van der Waals surface area contributed by atoms with E-state index in [9.17, 15) is 0 Å². The average molecular weight is 934 g/mol. The van der Waals surface area contributed by atoms with E-state index in [1.54, 1.807) is 36.4 Å². The molecule has 0 aliphatic rings. The Bertz CT molecular complexity index is 2530. The topological polar surface area (TPSA) is 27.7 Å². The van der Waals surface area contributed by atoms with Crippen molar-refractivity contribution in [2.45, 2.75) is 0 Å². The molecule has 0 spiro atoms. The van der Waals surface area contributed by atoms with Gasteiger partial charge in [-0.2, -0.15) is 0 Å². The normalized spacial score (nSPS) is 13.2. The van der Waals surface area contributed by atoms with Crippen molar-refractivity contribution in [1.82, 2.24) is 0 Å². The second-order valence-electron chi connectivity index (χ2n) is 15.7. The van der Waals surface area contributed by atoms with Gasteiger partial charge in [-0.05, 0) is 0 Å². The SMILES string of the molecule is Fc1cc[c]([V]([O][SiH3])([O][Si](c2ccccc2)(c2ccccc2)c2ccccc2)([O][Si](c2ccccc2)(c2ccccc2)c2ccccc2)([c]2ccc(F)cc2)[c]2ccc(F)cc2)cc1. The van der Waals surface area contributed by atoms with Crippen molar-refractivity contribution in [3.63, 3.8) is 0 Å². The third-order valence-electron chi connectivity index (χ3n) is 12.4. The summed E-state index contributed by atoms with van der Waals surface area (Å²) in [7, 11) is -8.30. The summed E-state index contributed by atoms with van der Waals surface area (Å²) in [5, 5.41) is 5.16. The zero-order chi connectivity index (χ0) is 44.2. The van der Waals surface area contributed by atoms with Gasteiger partial charge in [0.2, 0.25) is 0 Å². The van der Waals surface area contributed by atoms with E-state index in [4.69, 9.17) is 10.1 Å². The van der Waals surface area contributed by atoms with Crippen LogP contribution in [0.15, 0.2) is 255 Å². The van der Waals surface area contributed by atoms with Gasteiger partial charge in [0.05, 0.1) is 0 Å². The summed E-state index contributed by atoms with van der Waals surface area (Å²) in [6, 6.07) is 79.1. The molecule has 0 amide bonds. The number of halogens is 3. The molecule has 0 heterocycles. The molecule has 10 heteroatoms. The van der Waals surface area contributed by atoms with Gasteiger partial charge in [-0.3, -0.25) is 0 Å². The van der Waals surface area contributed by atoms with Crippen molar-refractivity contribution >= 4 is 71.1 Å². The molecule has 64 heavy (non-hydrogen) atoms. The van der Waals surface area contributed by atoms with Crippen LogP contribution in [0.25, 0.3) is 0 Å². The predicted molar refractivity (Wildman–Crippen MR) is 259 cm³/mol. The van der Waals surface area contributed by atoms with E-state index >= 15 is 13.2 Å². The van der Waals surface area contributed by atoms with Crippen molar-refractivity contribution in [1.29, 1.82) is 0 Å². The van der Waals surface area contributed by atoms with Crippen molar-refractivity contribution < 1.29 is 36.0 Å². The second-order valence-corrected chi connectivity index (χ2v) is 32.8. The van der Waals surface area contributed by atoms with Gasteiger partial charge in [0.15, 0.2) is 0 Å². The molecule has 0 radical (unpaired) electrons. The van der Waals surface area contributed by atoms with Gasteiger partial charge < -0.3 is 0 Å². The summed E-state index contributed by atoms with van der Waals surface area (Å²) in [4.78, 5) is 0. The van der Waals surface area contributed by atoms with E-state index < -0.39 is 46.9 Å². The first-order valence-electron chi connectivity index (χ1n) is 21.0. The minimum absolute atomic E-state index is 0.0545. The Kier molecular flexibility index (Phi) is 11.5. The van der Waals surface area contributed by atoms with Crippen molar-refractivity contribution in [2.75, 3.05) is 0 Å². The molecule has 0 aromatic heterocycles. The standard InChI is InChI=1S/2C18H15OSi.3C6H4F.H3OSi.V/c2*19-20(16-10-4-1-5-11-16,17-12-6-2-7-13-17)18-14-8-3-9-15-18;3*7-6-4-2-1-3-5-6;1-2;/h2*1-15H;3*2-5H;2H3;/q2*-1;;;;-1;+3. The van der Waals surface area contributed by atoms with Crippen LogP contribution in [0, 0.1) is 17.5 Å². The van der Waals surface area contributed by atoms with Crippen LogP contribution in [0.1, 0.15) is 0 Å². The first-order valence-corrected chi connectivity index (χ1v) is 29.5. The first-order chi connectivity index (χ1) is 31.2. The van der Waals surface area contributed by atoms with Crippen LogP contribution in [0.2, 0.25) is 0 Å². The molecule has 317 valence electrons. The van der Waals surface area contributed by atoms with Crippen LogP contribution in [0.4, 0.5) is 13.2 Å². The third-order valence-corrected chi connectivity index (χ3v) is 38.8. The number of hydrogen-bond donors (Lipinski definition) is 0. The fourth-order valence-electron chi connectivity index (χ4n) is 9.48. The first kappa shape index (κ1) is 43.2. The van der Waals surface area contributed by atoms with Crippen molar-refractivity contribution in [3.05, 3.63) is 272 Å². The molecule has 0 bridgehead atoms. The van der Waals surface area contributed by atoms with Crippen LogP contribution in [0.5, 0.6) is 0 Å². The molecule has 0 saturated heterocycles. The van der Waals surface area contributed by atoms with Gasteiger partial charge in [-0.25, -0.2) is 0 Å². The number of rotatable bonds is 14. The van der Waals surface area contributed by atoms with Crippen LogP contribution in [-0.4, -0.2) is 27.1 Å². The van der Waals surface area contributed by atoms with E-state index in [-0.39, 0.29) is 10.5 Å². The van der Waals surface area contributed by atoms with Crippen LogP contribution in [0.3, 0.4) is 0 Å². The Morgan fingerprint density at radius 3 is 0.641 bits per heavy atom. The third kappa shape index (κ3) is 6.67. The molecule has 0 aliphatic carbocycles. The molecule has 0 aliphatic heterocycles. The Labute approximate surface area is 377 Å². The van der Waals surface area contributed by atoms with Gasteiger partial charge in [0.25, 0.3) is 0 Å².